The van der Waals surface area contributed by atoms with Crippen molar-refractivity contribution in [2.75, 3.05) is 13.2 Å². The van der Waals surface area contributed by atoms with Crippen LogP contribution in [-0.4, -0.2) is 23.4 Å². The van der Waals surface area contributed by atoms with Gasteiger partial charge in [-0.1, -0.05) is 19.9 Å². The summed E-state index contributed by atoms with van der Waals surface area (Å²) in [5.41, 5.74) is -0.348. The Bertz CT molecular complexity index is 263. The number of hydrogen-bond donors (Lipinski definition) is 2. The summed E-state index contributed by atoms with van der Waals surface area (Å²) in [5, 5.41) is 21.0. The Morgan fingerprint density at radius 3 is 2.40 bits per heavy atom. The lowest BCUT2D eigenvalue weighted by atomic mass is 9.78. The summed E-state index contributed by atoms with van der Waals surface area (Å²) in [6.45, 7) is 4.35. The summed E-state index contributed by atoms with van der Waals surface area (Å²) in [6, 6.07) is 4.07. The molecular weight excluding hydrogens is 208 g/mol. The molecule has 0 saturated carbocycles. The molecule has 0 amide bonds. The third-order valence-electron chi connectivity index (χ3n) is 2.64. The van der Waals surface area contributed by atoms with E-state index in [2.05, 4.69) is 19.9 Å². The van der Waals surface area contributed by atoms with Gasteiger partial charge in [-0.25, -0.2) is 0 Å². The molecule has 1 rings (SSSR count). The van der Waals surface area contributed by atoms with Gasteiger partial charge in [0.1, 0.15) is 0 Å². The molecule has 0 aliphatic heterocycles. The van der Waals surface area contributed by atoms with E-state index in [0.717, 1.165) is 12.8 Å². The Balaban J connectivity index is 2.71. The maximum atomic E-state index is 9.47. The molecule has 0 bridgehead atoms. The average Bonchev–Trinajstić information content (AvgIpc) is 2.68. The summed E-state index contributed by atoms with van der Waals surface area (Å²) < 4.78 is 0. The number of aliphatic hydroxyl groups excluding tert-OH is 2. The third kappa shape index (κ3) is 3.59. The summed E-state index contributed by atoms with van der Waals surface area (Å²) in [7, 11) is 0. The lowest BCUT2D eigenvalue weighted by molar-refractivity contribution is 0.0376. The topological polar surface area (TPSA) is 40.5 Å². The zero-order chi connectivity index (χ0) is 11.3. The number of aliphatic hydroxyl groups is 2. The van der Waals surface area contributed by atoms with E-state index in [-0.39, 0.29) is 18.6 Å². The molecule has 1 aromatic rings. The zero-order valence-corrected chi connectivity index (χ0v) is 10.3. The van der Waals surface area contributed by atoms with Gasteiger partial charge < -0.3 is 10.2 Å². The van der Waals surface area contributed by atoms with E-state index in [9.17, 15) is 10.2 Å². The minimum Gasteiger partial charge on any atom is -0.396 e. The Morgan fingerprint density at radius 2 is 2.00 bits per heavy atom. The van der Waals surface area contributed by atoms with Crippen LogP contribution in [0.25, 0.3) is 0 Å². The smallest absolute Gasteiger partial charge is 0.0513 e. The molecule has 0 unspecified atom stereocenters. The fourth-order valence-corrected chi connectivity index (χ4v) is 2.89. The highest BCUT2D eigenvalue weighted by molar-refractivity contribution is 7.09. The Morgan fingerprint density at radius 1 is 1.33 bits per heavy atom. The predicted octanol–water partition coefficient (Wildman–Crippen LogP) is 2.31. The van der Waals surface area contributed by atoms with Gasteiger partial charge >= 0.3 is 0 Å². The van der Waals surface area contributed by atoms with Crippen molar-refractivity contribution in [2.45, 2.75) is 26.7 Å². The van der Waals surface area contributed by atoms with E-state index in [1.165, 1.54) is 4.88 Å². The van der Waals surface area contributed by atoms with Crippen LogP contribution in [0.4, 0.5) is 0 Å². The maximum Gasteiger partial charge on any atom is 0.0513 e. The molecule has 0 fully saturated rings. The van der Waals surface area contributed by atoms with Gasteiger partial charge in [0, 0.05) is 10.3 Å². The Labute approximate surface area is 95.6 Å². The van der Waals surface area contributed by atoms with Crippen molar-refractivity contribution in [3.63, 3.8) is 0 Å². The number of thiophene rings is 1. The van der Waals surface area contributed by atoms with E-state index in [1.54, 1.807) is 11.3 Å². The van der Waals surface area contributed by atoms with Gasteiger partial charge in [-0.05, 0) is 30.2 Å². The van der Waals surface area contributed by atoms with Crippen molar-refractivity contribution >= 4 is 11.3 Å². The molecule has 15 heavy (non-hydrogen) atoms. The minimum atomic E-state index is -0.348. The van der Waals surface area contributed by atoms with Crippen LogP contribution >= 0.6 is 11.3 Å². The zero-order valence-electron chi connectivity index (χ0n) is 9.44. The van der Waals surface area contributed by atoms with Crippen LogP contribution in [0.2, 0.25) is 0 Å². The summed E-state index contributed by atoms with van der Waals surface area (Å²) >= 11 is 1.69. The summed E-state index contributed by atoms with van der Waals surface area (Å²) in [4.78, 5) is 1.23. The lowest BCUT2D eigenvalue weighted by Crippen LogP contribution is -2.33. The predicted molar refractivity (Wildman–Crippen MR) is 64.1 cm³/mol. The molecule has 2 N–H and O–H groups in total. The molecule has 3 heteroatoms. The first-order valence-electron chi connectivity index (χ1n) is 5.36. The molecule has 0 aliphatic rings. The molecule has 2 nitrogen and oxygen atoms in total. The highest BCUT2D eigenvalue weighted by atomic mass is 32.1. The lowest BCUT2D eigenvalue weighted by Gasteiger charge is -2.31. The summed E-state index contributed by atoms with van der Waals surface area (Å²) in [6.07, 6.45) is 1.63. The molecule has 86 valence electrons. The quantitative estimate of drug-likeness (QED) is 0.784. The van der Waals surface area contributed by atoms with Gasteiger partial charge in [-0.2, -0.15) is 0 Å². The van der Waals surface area contributed by atoms with Crippen LogP contribution in [0.5, 0.6) is 0 Å². The minimum absolute atomic E-state index is 0.0551. The van der Waals surface area contributed by atoms with Gasteiger partial charge in [-0.3, -0.25) is 0 Å². The average molecular weight is 228 g/mol. The van der Waals surface area contributed by atoms with Crippen molar-refractivity contribution in [1.82, 2.24) is 0 Å². The van der Waals surface area contributed by atoms with E-state index < -0.39 is 0 Å². The van der Waals surface area contributed by atoms with E-state index >= 15 is 0 Å². The van der Waals surface area contributed by atoms with Crippen LogP contribution in [-0.2, 0) is 6.42 Å². The van der Waals surface area contributed by atoms with Gasteiger partial charge in [0.25, 0.3) is 0 Å². The first-order chi connectivity index (χ1) is 7.12. The molecule has 1 heterocycles. The molecule has 0 aliphatic carbocycles. The number of rotatable bonds is 6. The first kappa shape index (κ1) is 12.7. The molecular formula is C12H20O2S. The highest BCUT2D eigenvalue weighted by Gasteiger charge is 2.30. The van der Waals surface area contributed by atoms with Gasteiger partial charge in [0.2, 0.25) is 0 Å². The summed E-state index contributed by atoms with van der Waals surface area (Å²) in [5.74, 6) is 0.490. The van der Waals surface area contributed by atoms with Crippen LogP contribution < -0.4 is 0 Å². The van der Waals surface area contributed by atoms with Crippen LogP contribution in [0.3, 0.4) is 0 Å². The fourth-order valence-electron chi connectivity index (χ4n) is 2.01. The molecule has 0 spiro atoms. The van der Waals surface area contributed by atoms with Crippen LogP contribution in [0, 0.1) is 11.3 Å². The second-order valence-electron chi connectivity index (χ2n) is 4.67. The van der Waals surface area contributed by atoms with Gasteiger partial charge in [0.15, 0.2) is 0 Å². The molecule has 0 radical (unpaired) electrons. The fraction of sp³-hybridized carbons (Fsp3) is 0.667. The standard InChI is InChI=1S/C12H20O2S/c1-10(2)6-12(8-13,9-14)7-11-4-3-5-15-11/h3-5,10,13-14H,6-9H2,1-2H3. The molecule has 0 atom stereocenters. The van der Waals surface area contributed by atoms with Gasteiger partial charge in [0.05, 0.1) is 13.2 Å². The molecule has 0 aromatic carbocycles. The SMILES string of the molecule is CC(C)CC(CO)(CO)Cc1cccs1. The van der Waals surface area contributed by atoms with Gasteiger partial charge in [-0.15, -0.1) is 11.3 Å². The highest BCUT2D eigenvalue weighted by Crippen LogP contribution is 2.31. The van der Waals surface area contributed by atoms with Crippen molar-refractivity contribution in [2.24, 2.45) is 11.3 Å². The van der Waals surface area contributed by atoms with E-state index in [1.807, 2.05) is 11.4 Å². The van der Waals surface area contributed by atoms with Crippen molar-refractivity contribution in [3.8, 4) is 0 Å². The van der Waals surface area contributed by atoms with Crippen molar-refractivity contribution in [1.29, 1.82) is 0 Å². The van der Waals surface area contributed by atoms with Crippen LogP contribution in [0.15, 0.2) is 17.5 Å². The Kier molecular flexibility index (Phi) is 4.77. The second-order valence-corrected chi connectivity index (χ2v) is 5.70. The third-order valence-corrected chi connectivity index (χ3v) is 3.52. The largest absolute Gasteiger partial charge is 0.396 e. The second kappa shape index (κ2) is 5.64. The molecule has 1 aromatic heterocycles. The molecule has 0 saturated heterocycles. The normalized spacial score (nSPS) is 12.3. The van der Waals surface area contributed by atoms with E-state index in [0.29, 0.717) is 5.92 Å². The number of hydrogen-bond acceptors (Lipinski definition) is 3. The van der Waals surface area contributed by atoms with Crippen molar-refractivity contribution < 1.29 is 10.2 Å². The van der Waals surface area contributed by atoms with Crippen molar-refractivity contribution in [3.05, 3.63) is 22.4 Å². The van der Waals surface area contributed by atoms with Crippen LogP contribution in [0.1, 0.15) is 25.1 Å². The first-order valence-corrected chi connectivity index (χ1v) is 6.24. The van der Waals surface area contributed by atoms with E-state index in [4.69, 9.17) is 0 Å². The monoisotopic (exact) mass is 228 g/mol. The maximum absolute atomic E-state index is 9.47. The Hall–Kier alpha value is -0.380.